The molecule has 0 saturated carbocycles. The van der Waals surface area contributed by atoms with Crippen LogP contribution in [0.15, 0.2) is 24.4 Å². The first-order valence-corrected chi connectivity index (χ1v) is 5.94. The number of carbonyl (C=O) groups is 1. The minimum Gasteiger partial charge on any atom is -0.466 e. The molecule has 1 N–H and O–H groups in total. The van der Waals surface area contributed by atoms with Crippen LogP contribution in [0.4, 0.5) is 0 Å². The van der Waals surface area contributed by atoms with Gasteiger partial charge in [-0.3, -0.25) is 9.78 Å². The van der Waals surface area contributed by atoms with Gasteiger partial charge in [-0.05, 0) is 32.5 Å². The van der Waals surface area contributed by atoms with Gasteiger partial charge in [0, 0.05) is 6.20 Å². The summed E-state index contributed by atoms with van der Waals surface area (Å²) in [6, 6.07) is 5.70. The Hall–Kier alpha value is -1.42. The highest BCUT2D eigenvalue weighted by Gasteiger charge is 2.30. The molecule has 0 aliphatic heterocycles. The summed E-state index contributed by atoms with van der Waals surface area (Å²) < 4.78 is 5.00. The molecule has 4 nitrogen and oxygen atoms in total. The number of aromatic nitrogens is 1. The highest BCUT2D eigenvalue weighted by molar-refractivity contribution is 5.71. The lowest BCUT2D eigenvalue weighted by Gasteiger charge is -2.29. The van der Waals surface area contributed by atoms with Crippen LogP contribution in [-0.2, 0) is 15.1 Å². The number of hydrogen-bond acceptors (Lipinski definition) is 4. The van der Waals surface area contributed by atoms with Crippen molar-refractivity contribution >= 4 is 5.97 Å². The van der Waals surface area contributed by atoms with E-state index >= 15 is 0 Å². The maximum atomic E-state index is 11.6. The van der Waals surface area contributed by atoms with E-state index < -0.39 is 5.54 Å². The zero-order chi connectivity index (χ0) is 12.7. The second-order valence-electron chi connectivity index (χ2n) is 4.06. The predicted molar refractivity (Wildman–Crippen MR) is 66.5 cm³/mol. The zero-order valence-corrected chi connectivity index (χ0v) is 10.7. The van der Waals surface area contributed by atoms with Gasteiger partial charge >= 0.3 is 5.97 Å². The largest absolute Gasteiger partial charge is 0.466 e. The van der Waals surface area contributed by atoms with Crippen LogP contribution in [0.1, 0.15) is 32.9 Å². The van der Waals surface area contributed by atoms with E-state index in [2.05, 4.69) is 10.3 Å². The lowest BCUT2D eigenvalue weighted by Crippen LogP contribution is -2.42. The number of rotatable bonds is 6. The monoisotopic (exact) mass is 236 g/mol. The minimum atomic E-state index is -0.470. The average Bonchev–Trinajstić information content (AvgIpc) is 2.30. The Morgan fingerprint density at radius 2 is 2.24 bits per heavy atom. The van der Waals surface area contributed by atoms with Gasteiger partial charge in [-0.15, -0.1) is 0 Å². The fraction of sp³-hybridized carbons (Fsp3) is 0.538. The van der Waals surface area contributed by atoms with Crippen molar-refractivity contribution in [3.05, 3.63) is 30.1 Å². The van der Waals surface area contributed by atoms with Crippen LogP contribution in [-0.4, -0.2) is 24.1 Å². The van der Waals surface area contributed by atoms with Crippen LogP contribution < -0.4 is 5.32 Å². The summed E-state index contributed by atoms with van der Waals surface area (Å²) in [5.74, 6) is -0.207. The second kappa shape index (κ2) is 6.35. The highest BCUT2D eigenvalue weighted by Crippen LogP contribution is 2.22. The normalized spacial score (nSPS) is 14.1. The first-order valence-electron chi connectivity index (χ1n) is 5.94. The Morgan fingerprint density at radius 3 is 2.76 bits per heavy atom. The van der Waals surface area contributed by atoms with Crippen molar-refractivity contribution in [3.63, 3.8) is 0 Å². The summed E-state index contributed by atoms with van der Waals surface area (Å²) in [4.78, 5) is 15.9. The van der Waals surface area contributed by atoms with Gasteiger partial charge in [0.2, 0.25) is 0 Å². The molecule has 0 bridgehead atoms. The van der Waals surface area contributed by atoms with E-state index in [4.69, 9.17) is 4.74 Å². The molecule has 1 unspecified atom stereocenters. The first-order chi connectivity index (χ1) is 8.12. The van der Waals surface area contributed by atoms with Crippen molar-refractivity contribution in [2.45, 2.75) is 32.7 Å². The van der Waals surface area contributed by atoms with E-state index in [1.807, 2.05) is 39.0 Å². The number of carbonyl (C=O) groups excluding carboxylic acids is 1. The molecule has 0 fully saturated rings. The van der Waals surface area contributed by atoms with Gasteiger partial charge in [0.15, 0.2) is 0 Å². The SMILES string of the molecule is CCNC(C)(CC(=O)OCC)c1ccccn1. The summed E-state index contributed by atoms with van der Waals surface area (Å²) in [5.41, 5.74) is 0.386. The molecule has 0 saturated heterocycles. The lowest BCUT2D eigenvalue weighted by atomic mass is 9.93. The van der Waals surface area contributed by atoms with Crippen molar-refractivity contribution in [2.75, 3.05) is 13.2 Å². The van der Waals surface area contributed by atoms with Gasteiger partial charge in [-0.25, -0.2) is 0 Å². The standard InChI is InChI=1S/C13H20N2O2/c1-4-15-13(3,10-12(16)17-5-2)11-8-6-7-9-14-11/h6-9,15H,4-5,10H2,1-3H3. The van der Waals surface area contributed by atoms with Crippen molar-refractivity contribution in [3.8, 4) is 0 Å². The summed E-state index contributed by atoms with van der Waals surface area (Å²) in [7, 11) is 0. The highest BCUT2D eigenvalue weighted by atomic mass is 16.5. The van der Waals surface area contributed by atoms with E-state index in [0.29, 0.717) is 6.61 Å². The van der Waals surface area contributed by atoms with E-state index in [-0.39, 0.29) is 12.4 Å². The van der Waals surface area contributed by atoms with Crippen LogP contribution in [0.3, 0.4) is 0 Å². The topological polar surface area (TPSA) is 51.2 Å². The number of nitrogens with one attached hydrogen (secondary N) is 1. The average molecular weight is 236 g/mol. The van der Waals surface area contributed by atoms with Gasteiger partial charge in [0.05, 0.1) is 24.3 Å². The molecule has 1 aromatic heterocycles. The first kappa shape index (κ1) is 13.6. The summed E-state index contributed by atoms with van der Waals surface area (Å²) in [6.45, 7) is 6.96. The fourth-order valence-electron chi connectivity index (χ4n) is 1.82. The Balaban J connectivity index is 2.86. The molecule has 94 valence electrons. The van der Waals surface area contributed by atoms with E-state index in [1.54, 1.807) is 6.20 Å². The molecule has 17 heavy (non-hydrogen) atoms. The smallest absolute Gasteiger partial charge is 0.308 e. The van der Waals surface area contributed by atoms with Crippen LogP contribution in [0.25, 0.3) is 0 Å². The van der Waals surface area contributed by atoms with Crippen LogP contribution in [0.2, 0.25) is 0 Å². The van der Waals surface area contributed by atoms with Gasteiger partial charge in [-0.1, -0.05) is 13.0 Å². The van der Waals surface area contributed by atoms with E-state index in [0.717, 1.165) is 12.2 Å². The van der Waals surface area contributed by atoms with Gasteiger partial charge in [0.25, 0.3) is 0 Å². The van der Waals surface area contributed by atoms with Gasteiger partial charge in [-0.2, -0.15) is 0 Å². The number of pyridine rings is 1. The fourth-order valence-corrected chi connectivity index (χ4v) is 1.82. The van der Waals surface area contributed by atoms with Crippen molar-refractivity contribution < 1.29 is 9.53 Å². The molecule has 0 aromatic carbocycles. The molecule has 1 atom stereocenters. The van der Waals surface area contributed by atoms with Gasteiger partial charge < -0.3 is 10.1 Å². The van der Waals surface area contributed by atoms with Crippen LogP contribution >= 0.6 is 0 Å². The molecule has 0 amide bonds. The summed E-state index contributed by atoms with van der Waals surface area (Å²) >= 11 is 0. The maximum Gasteiger partial charge on any atom is 0.308 e. The van der Waals surface area contributed by atoms with E-state index in [9.17, 15) is 4.79 Å². The molecule has 1 aromatic rings. The Kier molecular flexibility index (Phi) is 5.10. The second-order valence-corrected chi connectivity index (χ2v) is 4.06. The third-order valence-electron chi connectivity index (χ3n) is 2.60. The third kappa shape index (κ3) is 3.82. The number of nitrogens with zero attached hydrogens (tertiary/aromatic N) is 1. The van der Waals surface area contributed by atoms with Crippen molar-refractivity contribution in [1.82, 2.24) is 10.3 Å². The van der Waals surface area contributed by atoms with Crippen molar-refractivity contribution in [2.24, 2.45) is 0 Å². The Bertz CT molecular complexity index is 354. The molecule has 0 aliphatic rings. The quantitative estimate of drug-likeness (QED) is 0.766. The maximum absolute atomic E-state index is 11.6. The lowest BCUT2D eigenvalue weighted by molar-refractivity contribution is -0.144. The molecule has 4 heteroatoms. The molecule has 1 rings (SSSR count). The zero-order valence-electron chi connectivity index (χ0n) is 10.7. The number of ether oxygens (including phenoxy) is 1. The third-order valence-corrected chi connectivity index (χ3v) is 2.60. The van der Waals surface area contributed by atoms with Gasteiger partial charge in [0.1, 0.15) is 0 Å². The van der Waals surface area contributed by atoms with Crippen molar-refractivity contribution in [1.29, 1.82) is 0 Å². The molecule has 1 heterocycles. The summed E-state index contributed by atoms with van der Waals surface area (Å²) in [6.07, 6.45) is 2.02. The number of esters is 1. The van der Waals surface area contributed by atoms with Crippen LogP contribution in [0.5, 0.6) is 0 Å². The molecule has 0 radical (unpaired) electrons. The minimum absolute atomic E-state index is 0.207. The molecular formula is C13H20N2O2. The summed E-state index contributed by atoms with van der Waals surface area (Å²) in [5, 5.41) is 3.30. The molecular weight excluding hydrogens is 216 g/mol. The molecule has 0 aliphatic carbocycles. The Labute approximate surface area is 102 Å². The molecule has 0 spiro atoms. The van der Waals surface area contributed by atoms with Crippen LogP contribution in [0, 0.1) is 0 Å². The van der Waals surface area contributed by atoms with E-state index in [1.165, 1.54) is 0 Å². The number of hydrogen-bond donors (Lipinski definition) is 1. The predicted octanol–water partition coefficient (Wildman–Crippen LogP) is 1.86. The Morgan fingerprint density at radius 1 is 1.47 bits per heavy atom.